The van der Waals surface area contributed by atoms with Crippen LogP contribution in [0.3, 0.4) is 0 Å². The van der Waals surface area contributed by atoms with Crippen LogP contribution >= 0.6 is 11.6 Å². The zero-order chi connectivity index (χ0) is 19.6. The number of morpholine rings is 1. The van der Waals surface area contributed by atoms with E-state index in [9.17, 15) is 9.59 Å². The second-order valence-electron chi connectivity index (χ2n) is 6.38. The van der Waals surface area contributed by atoms with Crippen LogP contribution in [0.1, 0.15) is 18.6 Å². The quantitative estimate of drug-likeness (QED) is 0.611. The number of nitrogens with one attached hydrogen (secondary N) is 2. The molecule has 1 aliphatic heterocycles. The molecule has 144 valence electrons. The molecule has 2 N–H and O–H groups in total. The molecule has 3 heterocycles. The van der Waals surface area contributed by atoms with Gasteiger partial charge in [-0.3, -0.25) is 13.9 Å². The molecule has 0 unspecified atom stereocenters. The van der Waals surface area contributed by atoms with Crippen LogP contribution in [0, 0.1) is 0 Å². The van der Waals surface area contributed by atoms with Crippen LogP contribution in [0.25, 0.3) is 11.2 Å². The molecule has 2 atom stereocenters. The average molecular weight is 392 g/mol. The summed E-state index contributed by atoms with van der Waals surface area (Å²) in [6.45, 7) is 3.94. The monoisotopic (exact) mass is 391 g/mol. The fraction of sp³-hybridized carbons (Fsp3) is 0.389. The fourth-order valence-electron chi connectivity index (χ4n) is 3.05. The Labute approximate surface area is 160 Å². The first-order chi connectivity index (χ1) is 12.9. The highest BCUT2D eigenvalue weighted by molar-refractivity contribution is 6.28. The minimum Gasteiger partial charge on any atom is -0.371 e. The number of halogens is 1. The Bertz CT molecular complexity index is 1040. The highest BCUT2D eigenvalue weighted by Crippen LogP contribution is 2.22. The molecular formula is C18H22ClN5O3. The van der Waals surface area contributed by atoms with Gasteiger partial charge in [0.15, 0.2) is 11.2 Å². The van der Waals surface area contributed by atoms with Gasteiger partial charge in [-0.1, -0.05) is 30.3 Å². The number of H-pyrrole nitrogens is 1. The lowest BCUT2D eigenvalue weighted by Gasteiger charge is -2.30. The van der Waals surface area contributed by atoms with Crippen molar-refractivity contribution in [3.63, 3.8) is 0 Å². The third kappa shape index (κ3) is 3.97. The summed E-state index contributed by atoms with van der Waals surface area (Å²) in [6, 6.07) is 10.8. The Kier molecular flexibility index (Phi) is 5.79. The number of aryl methyl sites for hydroxylation is 1. The van der Waals surface area contributed by atoms with Crippen LogP contribution in [-0.4, -0.2) is 38.3 Å². The van der Waals surface area contributed by atoms with Crippen molar-refractivity contribution in [3.8, 4) is 0 Å². The van der Waals surface area contributed by atoms with Crippen LogP contribution in [0.15, 0.2) is 39.9 Å². The van der Waals surface area contributed by atoms with Gasteiger partial charge < -0.3 is 15.0 Å². The number of hydrogen-bond donors (Lipinski definition) is 2. The van der Waals surface area contributed by atoms with E-state index in [1.807, 2.05) is 6.07 Å². The molecule has 3 aromatic rings. The van der Waals surface area contributed by atoms with Crippen molar-refractivity contribution in [2.75, 3.05) is 13.2 Å². The normalized spacial score (nSPS) is 19.6. The summed E-state index contributed by atoms with van der Waals surface area (Å²) in [4.78, 5) is 29.4. The maximum atomic E-state index is 11.5. The lowest BCUT2D eigenvalue weighted by atomic mass is 10.0. The minimum atomic E-state index is -0.428. The molecule has 2 aromatic heterocycles. The van der Waals surface area contributed by atoms with Crippen molar-refractivity contribution in [2.45, 2.75) is 19.1 Å². The zero-order valence-electron chi connectivity index (χ0n) is 15.4. The van der Waals surface area contributed by atoms with Gasteiger partial charge in [0.2, 0.25) is 5.28 Å². The van der Waals surface area contributed by atoms with Crippen molar-refractivity contribution >= 4 is 22.8 Å². The van der Waals surface area contributed by atoms with E-state index < -0.39 is 11.2 Å². The lowest BCUT2D eigenvalue weighted by molar-refractivity contribution is -0.000221. The van der Waals surface area contributed by atoms with Gasteiger partial charge in [0.05, 0.1) is 12.7 Å². The Balaban J connectivity index is 0.000000156. The van der Waals surface area contributed by atoms with Gasteiger partial charge in [0.25, 0.3) is 5.56 Å². The fourth-order valence-corrected chi connectivity index (χ4v) is 3.22. The summed E-state index contributed by atoms with van der Waals surface area (Å²) in [5.41, 5.74) is 0.915. The molecule has 0 saturated carbocycles. The first-order valence-electron chi connectivity index (χ1n) is 8.61. The van der Waals surface area contributed by atoms with Gasteiger partial charge in [-0.15, -0.1) is 0 Å². The summed E-state index contributed by atoms with van der Waals surface area (Å²) in [5.74, 6) is 0. The second-order valence-corrected chi connectivity index (χ2v) is 6.73. The molecule has 8 nitrogen and oxygen atoms in total. The third-order valence-corrected chi connectivity index (χ3v) is 4.69. The number of nitrogens with zero attached hydrogens (tertiary/aromatic N) is 3. The molecule has 0 amide bonds. The number of imidazole rings is 1. The molecular weight excluding hydrogens is 370 g/mol. The van der Waals surface area contributed by atoms with Crippen molar-refractivity contribution in [2.24, 2.45) is 14.1 Å². The standard InChI is InChI=1S/C11H15NO.C7H7ClN4O2/c1-9-11(13-8-7-12-9)10-5-3-2-4-6-10;1-11-4-3(9-6(8)10-4)5(13)12(2)7(11)14/h2-6,9,11-12H,7-8H2,1H3;1-2H3,(H,9,10)/t9-,11+;/m0./s1. The number of aromatic nitrogens is 4. The number of fused-ring (bicyclic) bond motifs is 1. The van der Waals surface area contributed by atoms with Crippen molar-refractivity contribution in [3.05, 3.63) is 62.0 Å². The van der Waals surface area contributed by atoms with Gasteiger partial charge in [0, 0.05) is 26.7 Å². The number of hydrogen-bond acceptors (Lipinski definition) is 5. The van der Waals surface area contributed by atoms with E-state index >= 15 is 0 Å². The smallest absolute Gasteiger partial charge is 0.332 e. The maximum absolute atomic E-state index is 11.5. The highest BCUT2D eigenvalue weighted by Gasteiger charge is 2.22. The summed E-state index contributed by atoms with van der Waals surface area (Å²) >= 11 is 5.60. The van der Waals surface area contributed by atoms with E-state index in [1.54, 1.807) is 0 Å². The number of rotatable bonds is 1. The Morgan fingerprint density at radius 2 is 1.89 bits per heavy atom. The third-order valence-electron chi connectivity index (χ3n) is 4.51. The maximum Gasteiger partial charge on any atom is 0.332 e. The van der Waals surface area contributed by atoms with Gasteiger partial charge in [-0.25, -0.2) is 4.79 Å². The van der Waals surface area contributed by atoms with E-state index in [4.69, 9.17) is 16.3 Å². The summed E-state index contributed by atoms with van der Waals surface area (Å²) in [6.07, 6.45) is 0.218. The van der Waals surface area contributed by atoms with Gasteiger partial charge in [0.1, 0.15) is 0 Å². The van der Waals surface area contributed by atoms with Crippen molar-refractivity contribution < 1.29 is 4.74 Å². The number of aromatic amines is 1. The second kappa shape index (κ2) is 8.08. The largest absolute Gasteiger partial charge is 0.371 e. The molecule has 1 aromatic carbocycles. The Morgan fingerprint density at radius 1 is 1.19 bits per heavy atom. The lowest BCUT2D eigenvalue weighted by Crippen LogP contribution is -2.41. The molecule has 0 radical (unpaired) electrons. The Morgan fingerprint density at radius 3 is 2.56 bits per heavy atom. The minimum absolute atomic E-state index is 0.0956. The van der Waals surface area contributed by atoms with Crippen LogP contribution in [0.4, 0.5) is 0 Å². The van der Waals surface area contributed by atoms with Crippen LogP contribution in [0.2, 0.25) is 5.28 Å². The molecule has 1 saturated heterocycles. The summed E-state index contributed by atoms with van der Waals surface area (Å²) < 4.78 is 7.97. The molecule has 27 heavy (non-hydrogen) atoms. The number of ether oxygens (including phenoxy) is 1. The van der Waals surface area contributed by atoms with E-state index in [0.29, 0.717) is 6.04 Å². The molecule has 0 aliphatic carbocycles. The van der Waals surface area contributed by atoms with Crippen LogP contribution < -0.4 is 16.6 Å². The van der Waals surface area contributed by atoms with Crippen LogP contribution in [-0.2, 0) is 18.8 Å². The molecule has 0 spiro atoms. The van der Waals surface area contributed by atoms with Gasteiger partial charge in [-0.2, -0.15) is 4.98 Å². The molecule has 9 heteroatoms. The predicted molar refractivity (Wildman–Crippen MR) is 104 cm³/mol. The first kappa shape index (κ1) is 19.3. The van der Waals surface area contributed by atoms with E-state index in [0.717, 1.165) is 17.7 Å². The van der Waals surface area contributed by atoms with Crippen LogP contribution in [0.5, 0.6) is 0 Å². The first-order valence-corrected chi connectivity index (χ1v) is 8.99. The SMILES string of the molecule is C[C@@H]1NCCO[C@H]1c1ccccc1.Cn1c(=O)c2[nH]c(Cl)nc2n(C)c1=O. The summed E-state index contributed by atoms with van der Waals surface area (Å²) in [7, 11) is 2.93. The van der Waals surface area contributed by atoms with E-state index in [1.165, 1.54) is 24.2 Å². The highest BCUT2D eigenvalue weighted by atomic mass is 35.5. The van der Waals surface area contributed by atoms with Crippen molar-refractivity contribution in [1.29, 1.82) is 0 Å². The molecule has 4 rings (SSSR count). The zero-order valence-corrected chi connectivity index (χ0v) is 16.2. The topological polar surface area (TPSA) is 93.9 Å². The average Bonchev–Trinajstić information content (AvgIpc) is 3.08. The molecule has 1 aliphatic rings. The van der Waals surface area contributed by atoms with E-state index in [2.05, 4.69) is 46.5 Å². The van der Waals surface area contributed by atoms with Crippen molar-refractivity contribution in [1.82, 2.24) is 24.4 Å². The van der Waals surface area contributed by atoms with Gasteiger partial charge in [-0.05, 0) is 24.1 Å². The molecule has 0 bridgehead atoms. The molecule has 1 fully saturated rings. The summed E-state index contributed by atoms with van der Waals surface area (Å²) in [5, 5.41) is 3.50. The van der Waals surface area contributed by atoms with Gasteiger partial charge >= 0.3 is 5.69 Å². The predicted octanol–water partition coefficient (Wildman–Crippen LogP) is 1.35. The Hall–Kier alpha value is -2.42. The van der Waals surface area contributed by atoms with E-state index in [-0.39, 0.29) is 22.6 Å². The number of benzene rings is 1.